The lowest BCUT2D eigenvalue weighted by Crippen LogP contribution is -2.44. The molecule has 19 heavy (non-hydrogen) atoms. The number of benzene rings is 1. The first-order valence-corrected chi connectivity index (χ1v) is 8.08. The van der Waals surface area contributed by atoms with Crippen LogP contribution in [0.5, 0.6) is 0 Å². The lowest BCUT2D eigenvalue weighted by molar-refractivity contribution is 0.366. The van der Waals surface area contributed by atoms with Gasteiger partial charge >= 0.3 is 0 Å². The van der Waals surface area contributed by atoms with Gasteiger partial charge in [0.25, 0.3) is 0 Å². The van der Waals surface area contributed by atoms with Crippen molar-refractivity contribution in [3.05, 3.63) is 34.3 Å². The van der Waals surface area contributed by atoms with Gasteiger partial charge in [-0.25, -0.2) is 0 Å². The van der Waals surface area contributed by atoms with Crippen molar-refractivity contribution in [2.45, 2.75) is 44.6 Å². The molecule has 0 spiro atoms. The predicted molar refractivity (Wildman–Crippen MR) is 85.7 cm³/mol. The van der Waals surface area contributed by atoms with Crippen molar-refractivity contribution in [1.29, 1.82) is 0 Å². The highest BCUT2D eigenvalue weighted by Crippen LogP contribution is 2.29. The van der Waals surface area contributed by atoms with Crippen LogP contribution in [0.1, 0.15) is 38.7 Å². The molecule has 1 aromatic rings. The molecule has 1 atom stereocenters. The van der Waals surface area contributed by atoms with Gasteiger partial charge in [0, 0.05) is 29.0 Å². The van der Waals surface area contributed by atoms with E-state index < -0.39 is 0 Å². The molecule has 3 heteroatoms. The van der Waals surface area contributed by atoms with Gasteiger partial charge in [0.05, 0.1) is 0 Å². The standard InChI is InChI=1S/C16H25BrN2/c1-16(2,14-8-3-4-9-15(14)17)12-18-11-13-7-5-6-10-19-13/h3-4,8-9,13,18-19H,5-7,10-12H2,1-2H3. The summed E-state index contributed by atoms with van der Waals surface area (Å²) in [6.07, 6.45) is 4.01. The second-order valence-electron chi connectivity index (χ2n) is 6.14. The lowest BCUT2D eigenvalue weighted by atomic mass is 9.84. The molecule has 1 heterocycles. The second-order valence-corrected chi connectivity index (χ2v) is 7.00. The van der Waals surface area contributed by atoms with Gasteiger partial charge in [0.2, 0.25) is 0 Å². The van der Waals surface area contributed by atoms with Crippen molar-refractivity contribution < 1.29 is 0 Å². The van der Waals surface area contributed by atoms with E-state index in [1.54, 1.807) is 0 Å². The largest absolute Gasteiger partial charge is 0.314 e. The third-order valence-electron chi connectivity index (χ3n) is 3.97. The summed E-state index contributed by atoms with van der Waals surface area (Å²) >= 11 is 3.66. The molecule has 2 nitrogen and oxygen atoms in total. The zero-order valence-corrected chi connectivity index (χ0v) is 13.6. The molecule has 0 aliphatic carbocycles. The Bertz CT molecular complexity index is 397. The van der Waals surface area contributed by atoms with Crippen LogP contribution in [0.25, 0.3) is 0 Å². The Morgan fingerprint density at radius 2 is 2.11 bits per heavy atom. The fourth-order valence-corrected chi connectivity index (χ4v) is 3.58. The first-order valence-electron chi connectivity index (χ1n) is 7.29. The Labute approximate surface area is 125 Å². The van der Waals surface area contributed by atoms with E-state index in [9.17, 15) is 0 Å². The highest BCUT2D eigenvalue weighted by Gasteiger charge is 2.23. The number of nitrogens with one attached hydrogen (secondary N) is 2. The smallest absolute Gasteiger partial charge is 0.0213 e. The molecule has 0 saturated carbocycles. The van der Waals surface area contributed by atoms with Crippen LogP contribution in [-0.2, 0) is 5.41 Å². The number of hydrogen-bond acceptors (Lipinski definition) is 2. The average Bonchev–Trinajstić information content (AvgIpc) is 2.40. The van der Waals surface area contributed by atoms with Crippen molar-refractivity contribution in [3.63, 3.8) is 0 Å². The molecule has 1 aliphatic rings. The number of hydrogen-bond donors (Lipinski definition) is 2. The quantitative estimate of drug-likeness (QED) is 0.866. The van der Waals surface area contributed by atoms with Crippen molar-refractivity contribution in [2.75, 3.05) is 19.6 Å². The SMILES string of the molecule is CC(C)(CNCC1CCCCN1)c1ccccc1Br. The van der Waals surface area contributed by atoms with Gasteiger partial charge in [-0.3, -0.25) is 0 Å². The van der Waals surface area contributed by atoms with E-state index in [1.807, 2.05) is 0 Å². The number of rotatable bonds is 5. The van der Waals surface area contributed by atoms with Crippen LogP contribution in [0.4, 0.5) is 0 Å². The molecular formula is C16H25BrN2. The molecule has 1 aliphatic heterocycles. The lowest BCUT2D eigenvalue weighted by Gasteiger charge is -2.29. The summed E-state index contributed by atoms with van der Waals surface area (Å²) in [5, 5.41) is 7.22. The summed E-state index contributed by atoms with van der Waals surface area (Å²) in [4.78, 5) is 0. The molecule has 0 bridgehead atoms. The Morgan fingerprint density at radius 3 is 2.79 bits per heavy atom. The normalized spacial score (nSPS) is 20.5. The minimum Gasteiger partial charge on any atom is -0.314 e. The average molecular weight is 325 g/mol. The summed E-state index contributed by atoms with van der Waals surface area (Å²) in [6, 6.07) is 9.18. The molecule has 0 radical (unpaired) electrons. The maximum Gasteiger partial charge on any atom is 0.0213 e. The van der Waals surface area contributed by atoms with Gasteiger partial charge in [0.15, 0.2) is 0 Å². The van der Waals surface area contributed by atoms with Gasteiger partial charge in [-0.2, -0.15) is 0 Å². The van der Waals surface area contributed by atoms with Gasteiger partial charge < -0.3 is 10.6 Å². The van der Waals surface area contributed by atoms with Crippen LogP contribution in [0.15, 0.2) is 28.7 Å². The second kappa shape index (κ2) is 6.87. The molecule has 1 unspecified atom stereocenters. The molecule has 0 aromatic heterocycles. The number of piperidine rings is 1. The zero-order chi connectivity index (χ0) is 13.7. The van der Waals surface area contributed by atoms with E-state index in [0.717, 1.165) is 13.1 Å². The van der Waals surface area contributed by atoms with E-state index in [2.05, 4.69) is 64.7 Å². The highest BCUT2D eigenvalue weighted by atomic mass is 79.9. The van der Waals surface area contributed by atoms with Crippen LogP contribution in [0.3, 0.4) is 0 Å². The van der Waals surface area contributed by atoms with E-state index in [4.69, 9.17) is 0 Å². The summed E-state index contributed by atoms with van der Waals surface area (Å²) in [5.41, 5.74) is 1.52. The van der Waals surface area contributed by atoms with Gasteiger partial charge in [0.1, 0.15) is 0 Å². The van der Waals surface area contributed by atoms with Crippen LogP contribution >= 0.6 is 15.9 Å². The van der Waals surface area contributed by atoms with Crippen LogP contribution in [0, 0.1) is 0 Å². The molecule has 2 N–H and O–H groups in total. The number of halogens is 1. The minimum atomic E-state index is 0.148. The van der Waals surface area contributed by atoms with E-state index >= 15 is 0 Å². The van der Waals surface area contributed by atoms with Crippen LogP contribution in [0.2, 0.25) is 0 Å². The first kappa shape index (κ1) is 15.0. The Morgan fingerprint density at radius 1 is 1.32 bits per heavy atom. The zero-order valence-electron chi connectivity index (χ0n) is 12.0. The Kier molecular flexibility index (Phi) is 5.43. The molecule has 1 saturated heterocycles. The van der Waals surface area contributed by atoms with Crippen LogP contribution < -0.4 is 10.6 Å². The molecule has 1 aromatic carbocycles. The predicted octanol–water partition coefficient (Wildman–Crippen LogP) is 3.46. The van der Waals surface area contributed by atoms with Gasteiger partial charge in [-0.05, 0) is 31.0 Å². The monoisotopic (exact) mass is 324 g/mol. The van der Waals surface area contributed by atoms with Crippen LogP contribution in [-0.4, -0.2) is 25.7 Å². The first-order chi connectivity index (χ1) is 9.09. The van der Waals surface area contributed by atoms with Crippen molar-refractivity contribution >= 4 is 15.9 Å². The highest BCUT2D eigenvalue weighted by molar-refractivity contribution is 9.10. The van der Waals surface area contributed by atoms with Gasteiger partial charge in [-0.15, -0.1) is 0 Å². The minimum absolute atomic E-state index is 0.148. The molecule has 2 rings (SSSR count). The summed E-state index contributed by atoms with van der Waals surface area (Å²) < 4.78 is 1.21. The molecule has 106 valence electrons. The third kappa shape index (κ3) is 4.30. The maximum atomic E-state index is 3.66. The van der Waals surface area contributed by atoms with Gasteiger partial charge in [-0.1, -0.05) is 54.4 Å². The molecule has 1 fully saturated rings. The molecule has 0 amide bonds. The van der Waals surface area contributed by atoms with E-state index in [0.29, 0.717) is 6.04 Å². The molecular weight excluding hydrogens is 300 g/mol. The van der Waals surface area contributed by atoms with Crippen molar-refractivity contribution in [1.82, 2.24) is 10.6 Å². The summed E-state index contributed by atoms with van der Waals surface area (Å²) in [7, 11) is 0. The fourth-order valence-electron chi connectivity index (χ4n) is 2.76. The maximum absolute atomic E-state index is 3.66. The Hall–Kier alpha value is -0.380. The summed E-state index contributed by atoms with van der Waals surface area (Å²) in [6.45, 7) is 7.87. The van der Waals surface area contributed by atoms with E-state index in [1.165, 1.54) is 35.8 Å². The van der Waals surface area contributed by atoms with E-state index in [-0.39, 0.29) is 5.41 Å². The third-order valence-corrected chi connectivity index (χ3v) is 4.66. The topological polar surface area (TPSA) is 24.1 Å². The summed E-state index contributed by atoms with van der Waals surface area (Å²) in [5.74, 6) is 0. The van der Waals surface area contributed by atoms with Crippen molar-refractivity contribution in [3.8, 4) is 0 Å². The Balaban J connectivity index is 1.85. The van der Waals surface area contributed by atoms with Crippen molar-refractivity contribution in [2.24, 2.45) is 0 Å². The fraction of sp³-hybridized carbons (Fsp3) is 0.625.